The Morgan fingerprint density at radius 1 is 1.23 bits per heavy atom. The Morgan fingerprint density at radius 3 is 2.62 bits per heavy atom. The molecule has 2 atom stereocenters. The van der Waals surface area contributed by atoms with E-state index < -0.39 is 0 Å². The first-order valence-electron chi connectivity index (χ1n) is 10.4. The molecule has 3 rings (SSSR count). The molecule has 2 heteroatoms. The molecule has 1 aromatic carbocycles. The van der Waals surface area contributed by atoms with Crippen LogP contribution in [-0.2, 0) is 6.42 Å². The fraction of sp³-hybridized carbons (Fsp3) is 0.583. The second-order valence-corrected chi connectivity index (χ2v) is 7.42. The monoisotopic (exact) mass is 355 g/mol. The highest BCUT2D eigenvalue weighted by molar-refractivity contribution is 5.50. The minimum absolute atomic E-state index is 0.386. The number of aromatic hydroxyl groups is 1. The van der Waals surface area contributed by atoms with Gasteiger partial charge in [-0.15, -0.1) is 0 Å². The molecule has 26 heavy (non-hydrogen) atoms. The molecule has 1 aliphatic heterocycles. The van der Waals surface area contributed by atoms with Gasteiger partial charge in [-0.1, -0.05) is 44.6 Å². The smallest absolute Gasteiger partial charge is 0.118 e. The summed E-state index contributed by atoms with van der Waals surface area (Å²) in [7, 11) is 2.28. The van der Waals surface area contributed by atoms with Crippen molar-refractivity contribution in [3.63, 3.8) is 0 Å². The number of likely N-dealkylation sites (N-methyl/N-ethyl adjacent to an activating group) is 1. The fourth-order valence-corrected chi connectivity index (χ4v) is 4.66. The number of rotatable bonds is 2. The first kappa shape index (κ1) is 20.8. The van der Waals surface area contributed by atoms with Crippen molar-refractivity contribution in [1.29, 1.82) is 0 Å². The highest BCUT2D eigenvalue weighted by Crippen LogP contribution is 2.45. The number of allylic oxidation sites excluding steroid dienone is 3. The zero-order chi connectivity index (χ0) is 19.3. The SMILES string of the molecule is C/C=C\C1=C(CC)CCC2C1c1cc(O)c(C)cc1CCCN2C.CC. The van der Waals surface area contributed by atoms with Crippen LogP contribution in [0.25, 0.3) is 0 Å². The number of phenols is 1. The third kappa shape index (κ3) is 4.06. The molecular formula is C24H37NO. The summed E-state index contributed by atoms with van der Waals surface area (Å²) in [6.45, 7) is 11.6. The molecule has 2 nitrogen and oxygen atoms in total. The summed E-state index contributed by atoms with van der Waals surface area (Å²) in [4.78, 5) is 2.56. The lowest BCUT2D eigenvalue weighted by atomic mass is 9.71. The van der Waals surface area contributed by atoms with E-state index in [1.165, 1.54) is 36.0 Å². The van der Waals surface area contributed by atoms with Crippen molar-refractivity contribution in [3.05, 3.63) is 52.1 Å². The van der Waals surface area contributed by atoms with Gasteiger partial charge in [-0.05, 0) is 87.9 Å². The van der Waals surface area contributed by atoms with Crippen LogP contribution in [0.5, 0.6) is 5.75 Å². The largest absolute Gasteiger partial charge is 0.508 e. The van der Waals surface area contributed by atoms with E-state index in [0.29, 0.717) is 17.7 Å². The van der Waals surface area contributed by atoms with Crippen molar-refractivity contribution < 1.29 is 5.11 Å². The number of fused-ring (bicyclic) bond motifs is 3. The molecule has 0 aromatic heterocycles. The number of phenolic OH excluding ortho intramolecular Hbond substituents is 1. The van der Waals surface area contributed by atoms with Gasteiger partial charge in [-0.3, -0.25) is 0 Å². The lowest BCUT2D eigenvalue weighted by Gasteiger charge is -2.42. The van der Waals surface area contributed by atoms with Crippen molar-refractivity contribution in [2.24, 2.45) is 0 Å². The maximum absolute atomic E-state index is 10.4. The van der Waals surface area contributed by atoms with E-state index in [-0.39, 0.29) is 0 Å². The first-order chi connectivity index (χ1) is 12.6. The van der Waals surface area contributed by atoms with Gasteiger partial charge in [0.15, 0.2) is 0 Å². The highest BCUT2D eigenvalue weighted by atomic mass is 16.3. The summed E-state index contributed by atoms with van der Waals surface area (Å²) < 4.78 is 0. The maximum Gasteiger partial charge on any atom is 0.118 e. The Labute approximate surface area is 160 Å². The van der Waals surface area contributed by atoms with Gasteiger partial charge in [0, 0.05) is 12.0 Å². The van der Waals surface area contributed by atoms with Gasteiger partial charge in [0.1, 0.15) is 5.75 Å². The summed E-state index contributed by atoms with van der Waals surface area (Å²) in [6, 6.07) is 4.82. The Kier molecular flexibility index (Phi) is 7.52. The van der Waals surface area contributed by atoms with Gasteiger partial charge >= 0.3 is 0 Å². The van der Waals surface area contributed by atoms with Crippen molar-refractivity contribution in [3.8, 4) is 5.75 Å². The van der Waals surface area contributed by atoms with Gasteiger partial charge < -0.3 is 10.0 Å². The summed E-state index contributed by atoms with van der Waals surface area (Å²) in [5.74, 6) is 0.830. The molecule has 0 spiro atoms. The number of aryl methyl sites for hydroxylation is 2. The van der Waals surface area contributed by atoms with Gasteiger partial charge in [-0.2, -0.15) is 0 Å². The molecule has 1 aromatic rings. The van der Waals surface area contributed by atoms with Crippen LogP contribution in [0.15, 0.2) is 35.4 Å². The Bertz CT molecular complexity index is 671. The fourth-order valence-electron chi connectivity index (χ4n) is 4.66. The molecule has 1 N–H and O–H groups in total. The molecule has 2 aliphatic rings. The number of nitrogens with zero attached hydrogens (tertiary/aromatic N) is 1. The number of hydrogen-bond acceptors (Lipinski definition) is 2. The average Bonchev–Trinajstić information content (AvgIpc) is 2.65. The van der Waals surface area contributed by atoms with Crippen LogP contribution in [0.4, 0.5) is 0 Å². The predicted molar refractivity (Wildman–Crippen MR) is 113 cm³/mol. The topological polar surface area (TPSA) is 23.5 Å². The summed E-state index contributed by atoms with van der Waals surface area (Å²) >= 11 is 0. The summed E-state index contributed by atoms with van der Waals surface area (Å²) in [5, 5.41) is 10.4. The first-order valence-corrected chi connectivity index (χ1v) is 10.4. The minimum Gasteiger partial charge on any atom is -0.508 e. The molecule has 1 heterocycles. The third-order valence-corrected chi connectivity index (χ3v) is 5.96. The zero-order valence-corrected chi connectivity index (χ0v) is 17.6. The molecule has 1 aliphatic carbocycles. The Balaban J connectivity index is 0.00000117. The standard InChI is InChI=1S/C22H31NO.C2H6/c1-5-8-18-16(6-2)10-11-20-22(18)19-14-21(24)15(3)13-17(19)9-7-12-23(20)4;1-2/h5,8,13-14,20,22,24H,6-7,9-12H2,1-4H3;1-2H3/b8-5-;. The van der Waals surface area contributed by atoms with Crippen molar-refractivity contribution in [2.45, 2.75) is 78.7 Å². The van der Waals surface area contributed by atoms with E-state index in [2.05, 4.69) is 50.1 Å². The molecular weight excluding hydrogens is 318 g/mol. The lowest BCUT2D eigenvalue weighted by molar-refractivity contribution is 0.196. The quantitative estimate of drug-likeness (QED) is 0.689. The van der Waals surface area contributed by atoms with Crippen LogP contribution in [0.3, 0.4) is 0 Å². The molecule has 0 fully saturated rings. The highest BCUT2D eigenvalue weighted by Gasteiger charge is 2.36. The Morgan fingerprint density at radius 2 is 1.96 bits per heavy atom. The molecule has 144 valence electrons. The molecule has 2 unspecified atom stereocenters. The van der Waals surface area contributed by atoms with E-state index in [9.17, 15) is 5.11 Å². The predicted octanol–water partition coefficient (Wildman–Crippen LogP) is 6.13. The molecule has 0 bridgehead atoms. The van der Waals surface area contributed by atoms with Gasteiger partial charge in [0.2, 0.25) is 0 Å². The van der Waals surface area contributed by atoms with E-state index in [0.717, 1.165) is 24.9 Å². The van der Waals surface area contributed by atoms with Gasteiger partial charge in [-0.25, -0.2) is 0 Å². The normalized spacial score (nSPS) is 23.6. The van der Waals surface area contributed by atoms with Crippen LogP contribution in [0, 0.1) is 6.92 Å². The van der Waals surface area contributed by atoms with Crippen molar-refractivity contribution >= 4 is 0 Å². The summed E-state index contributed by atoms with van der Waals surface area (Å²) in [5.41, 5.74) is 6.88. The molecule has 0 saturated heterocycles. The van der Waals surface area contributed by atoms with E-state index in [4.69, 9.17) is 0 Å². The Hall–Kier alpha value is -1.54. The number of benzene rings is 1. The van der Waals surface area contributed by atoms with E-state index in [1.807, 2.05) is 20.8 Å². The van der Waals surface area contributed by atoms with Crippen LogP contribution >= 0.6 is 0 Å². The lowest BCUT2D eigenvalue weighted by Crippen LogP contribution is -2.41. The van der Waals surface area contributed by atoms with Crippen molar-refractivity contribution in [2.75, 3.05) is 13.6 Å². The third-order valence-electron chi connectivity index (χ3n) is 5.96. The van der Waals surface area contributed by atoms with Crippen LogP contribution in [0.2, 0.25) is 0 Å². The maximum atomic E-state index is 10.4. The van der Waals surface area contributed by atoms with Crippen LogP contribution in [0.1, 0.15) is 76.0 Å². The van der Waals surface area contributed by atoms with Crippen LogP contribution in [-0.4, -0.2) is 29.6 Å². The minimum atomic E-state index is 0.386. The van der Waals surface area contributed by atoms with E-state index in [1.54, 1.807) is 5.57 Å². The zero-order valence-electron chi connectivity index (χ0n) is 17.6. The second kappa shape index (κ2) is 9.41. The van der Waals surface area contributed by atoms with Crippen molar-refractivity contribution in [1.82, 2.24) is 4.90 Å². The second-order valence-electron chi connectivity index (χ2n) is 7.42. The molecule has 0 saturated carbocycles. The van der Waals surface area contributed by atoms with Crippen LogP contribution < -0.4 is 0 Å². The molecule has 0 amide bonds. The molecule has 0 radical (unpaired) electrons. The number of hydrogen-bond donors (Lipinski definition) is 1. The van der Waals surface area contributed by atoms with E-state index >= 15 is 0 Å². The average molecular weight is 356 g/mol. The van der Waals surface area contributed by atoms with Gasteiger partial charge in [0.25, 0.3) is 0 Å². The van der Waals surface area contributed by atoms with Gasteiger partial charge in [0.05, 0.1) is 0 Å². The summed E-state index contributed by atoms with van der Waals surface area (Å²) in [6.07, 6.45) is 10.4.